The zero-order chi connectivity index (χ0) is 14.4. The molecule has 0 saturated heterocycles. The Bertz CT molecular complexity index is 623. The number of ether oxygens (including phenoxy) is 1. The monoisotopic (exact) mass is 276 g/mol. The molecule has 3 nitrogen and oxygen atoms in total. The highest BCUT2D eigenvalue weighted by Crippen LogP contribution is 2.26. The predicted octanol–water partition coefficient (Wildman–Crippen LogP) is 3.41. The van der Waals surface area contributed by atoms with Crippen LogP contribution in [0, 0.1) is 11.3 Å². The summed E-state index contributed by atoms with van der Waals surface area (Å²) in [4.78, 5) is 0. The van der Waals surface area contributed by atoms with Gasteiger partial charge in [0.2, 0.25) is 0 Å². The maximum atomic E-state index is 11.9. The van der Waals surface area contributed by atoms with Crippen molar-refractivity contribution in [2.24, 2.45) is 0 Å². The van der Waals surface area contributed by atoms with Crippen LogP contribution >= 0.6 is 0 Å². The second-order valence-electron chi connectivity index (χ2n) is 4.21. The molecule has 1 N–H and O–H groups in total. The van der Waals surface area contributed by atoms with E-state index in [0.717, 1.165) is 16.5 Å². The van der Waals surface area contributed by atoms with Crippen molar-refractivity contribution >= 4 is 16.5 Å². The van der Waals surface area contributed by atoms with Crippen LogP contribution in [-0.4, -0.2) is 26.2 Å². The van der Waals surface area contributed by atoms with Crippen molar-refractivity contribution in [3.63, 3.8) is 0 Å². The molecule has 20 heavy (non-hydrogen) atoms. The molecule has 0 aromatic heterocycles. The van der Waals surface area contributed by atoms with E-state index in [2.05, 4.69) is 11.4 Å². The summed E-state index contributed by atoms with van der Waals surface area (Å²) in [7, 11) is 0. The maximum Gasteiger partial charge on any atom is 0.261 e. The molecule has 104 valence electrons. The highest BCUT2D eigenvalue weighted by Gasteiger charge is 2.05. The number of nitriles is 1. The zero-order valence-corrected chi connectivity index (χ0v) is 10.8. The first-order valence-corrected chi connectivity index (χ1v) is 6.24. The van der Waals surface area contributed by atoms with Gasteiger partial charge in [-0.1, -0.05) is 24.3 Å². The molecule has 0 amide bonds. The van der Waals surface area contributed by atoms with Gasteiger partial charge in [0.05, 0.1) is 18.2 Å². The molecule has 0 saturated carbocycles. The van der Waals surface area contributed by atoms with Crippen molar-refractivity contribution in [1.29, 1.82) is 5.26 Å². The largest absolute Gasteiger partial charge is 0.382 e. The Kier molecular flexibility index (Phi) is 4.85. The standard InChI is InChI=1S/C15H14F2N2O/c16-15(17)10-20-8-7-19-14-6-5-11(9-18)12-3-1-2-4-13(12)14/h1-6,15,19H,7-8,10H2. The first-order chi connectivity index (χ1) is 9.72. The number of nitrogens with zero attached hydrogens (tertiary/aromatic N) is 1. The van der Waals surface area contributed by atoms with Crippen LogP contribution in [0.5, 0.6) is 0 Å². The summed E-state index contributed by atoms with van der Waals surface area (Å²) in [6.07, 6.45) is -2.44. The fourth-order valence-corrected chi connectivity index (χ4v) is 1.98. The minimum Gasteiger partial charge on any atom is -0.382 e. The average Bonchev–Trinajstić information content (AvgIpc) is 2.46. The van der Waals surface area contributed by atoms with E-state index in [9.17, 15) is 8.78 Å². The van der Waals surface area contributed by atoms with Crippen LogP contribution < -0.4 is 5.32 Å². The lowest BCUT2D eigenvalue weighted by Crippen LogP contribution is -2.13. The van der Waals surface area contributed by atoms with Gasteiger partial charge in [0.25, 0.3) is 6.43 Å². The van der Waals surface area contributed by atoms with Crippen molar-refractivity contribution in [2.45, 2.75) is 6.43 Å². The number of fused-ring (bicyclic) bond motifs is 1. The third-order valence-corrected chi connectivity index (χ3v) is 2.85. The van der Waals surface area contributed by atoms with Crippen LogP contribution in [0.4, 0.5) is 14.5 Å². The van der Waals surface area contributed by atoms with Gasteiger partial charge in [0.1, 0.15) is 6.61 Å². The lowest BCUT2D eigenvalue weighted by molar-refractivity contribution is 0.0215. The lowest BCUT2D eigenvalue weighted by Gasteiger charge is -2.11. The van der Waals surface area contributed by atoms with Gasteiger partial charge in [-0.15, -0.1) is 0 Å². The van der Waals surface area contributed by atoms with Crippen molar-refractivity contribution in [1.82, 2.24) is 0 Å². The van der Waals surface area contributed by atoms with Crippen LogP contribution in [0.1, 0.15) is 5.56 Å². The molecule has 0 atom stereocenters. The highest BCUT2D eigenvalue weighted by atomic mass is 19.3. The van der Waals surface area contributed by atoms with E-state index >= 15 is 0 Å². The van der Waals surface area contributed by atoms with E-state index in [4.69, 9.17) is 10.00 Å². The third-order valence-electron chi connectivity index (χ3n) is 2.85. The molecule has 2 aromatic rings. The summed E-state index contributed by atoms with van der Waals surface area (Å²) in [6.45, 7) is 0.0943. The van der Waals surface area contributed by atoms with Crippen molar-refractivity contribution in [3.05, 3.63) is 42.0 Å². The molecule has 0 aliphatic carbocycles. The zero-order valence-electron chi connectivity index (χ0n) is 10.8. The minimum atomic E-state index is -2.44. The van der Waals surface area contributed by atoms with E-state index in [-0.39, 0.29) is 6.61 Å². The van der Waals surface area contributed by atoms with Gasteiger partial charge in [-0.05, 0) is 12.1 Å². The third kappa shape index (κ3) is 3.43. The number of anilines is 1. The summed E-state index contributed by atoms with van der Waals surface area (Å²) < 4.78 is 28.6. The summed E-state index contributed by atoms with van der Waals surface area (Å²) in [5, 5.41) is 14.0. The molecule has 0 spiro atoms. The van der Waals surface area contributed by atoms with Gasteiger partial charge >= 0.3 is 0 Å². The number of benzene rings is 2. The average molecular weight is 276 g/mol. The number of rotatable bonds is 6. The fourth-order valence-electron chi connectivity index (χ4n) is 1.98. The summed E-state index contributed by atoms with van der Waals surface area (Å²) in [6, 6.07) is 13.3. The van der Waals surface area contributed by atoms with Gasteiger partial charge in [0, 0.05) is 23.0 Å². The Morgan fingerprint density at radius 1 is 1.15 bits per heavy atom. The van der Waals surface area contributed by atoms with Gasteiger partial charge in [-0.3, -0.25) is 0 Å². The number of alkyl halides is 2. The van der Waals surface area contributed by atoms with Crippen LogP contribution in [0.2, 0.25) is 0 Å². The normalized spacial score (nSPS) is 10.7. The molecule has 2 aromatic carbocycles. The molecule has 0 heterocycles. The number of nitrogens with one attached hydrogen (secondary N) is 1. The molecule has 0 bridgehead atoms. The quantitative estimate of drug-likeness (QED) is 0.822. The Morgan fingerprint density at radius 3 is 2.60 bits per heavy atom. The molecular weight excluding hydrogens is 262 g/mol. The molecule has 5 heteroatoms. The Morgan fingerprint density at radius 2 is 1.90 bits per heavy atom. The molecule has 0 radical (unpaired) electrons. The van der Waals surface area contributed by atoms with Crippen LogP contribution in [-0.2, 0) is 4.74 Å². The molecule has 2 rings (SSSR count). The van der Waals surface area contributed by atoms with E-state index in [0.29, 0.717) is 12.1 Å². The van der Waals surface area contributed by atoms with Crippen LogP contribution in [0.3, 0.4) is 0 Å². The van der Waals surface area contributed by atoms with Crippen LogP contribution in [0.15, 0.2) is 36.4 Å². The van der Waals surface area contributed by atoms with Crippen molar-refractivity contribution in [2.75, 3.05) is 25.1 Å². The second-order valence-corrected chi connectivity index (χ2v) is 4.21. The summed E-state index contributed by atoms with van der Waals surface area (Å²) in [5.74, 6) is 0. The van der Waals surface area contributed by atoms with Crippen molar-refractivity contribution < 1.29 is 13.5 Å². The SMILES string of the molecule is N#Cc1ccc(NCCOCC(F)F)c2ccccc12. The lowest BCUT2D eigenvalue weighted by atomic mass is 10.0. The Balaban J connectivity index is 2.06. The van der Waals surface area contributed by atoms with Crippen molar-refractivity contribution in [3.8, 4) is 6.07 Å². The minimum absolute atomic E-state index is 0.207. The smallest absolute Gasteiger partial charge is 0.261 e. The van der Waals surface area contributed by atoms with Gasteiger partial charge < -0.3 is 10.1 Å². The second kappa shape index (κ2) is 6.83. The van der Waals surface area contributed by atoms with E-state index in [1.807, 2.05) is 30.3 Å². The maximum absolute atomic E-state index is 11.9. The Labute approximate surface area is 115 Å². The number of hydrogen-bond donors (Lipinski definition) is 1. The number of hydrogen-bond acceptors (Lipinski definition) is 3. The van der Waals surface area contributed by atoms with Crippen LogP contribution in [0.25, 0.3) is 10.8 Å². The van der Waals surface area contributed by atoms with E-state index in [1.165, 1.54) is 0 Å². The van der Waals surface area contributed by atoms with Gasteiger partial charge in [-0.25, -0.2) is 8.78 Å². The summed E-state index contributed by atoms with van der Waals surface area (Å²) >= 11 is 0. The van der Waals surface area contributed by atoms with Gasteiger partial charge in [0.15, 0.2) is 0 Å². The molecule has 0 aliphatic heterocycles. The molecule has 0 aliphatic rings. The first kappa shape index (κ1) is 14.2. The summed E-state index contributed by atoms with van der Waals surface area (Å²) in [5.41, 5.74) is 1.47. The molecule has 0 fully saturated rings. The van der Waals surface area contributed by atoms with E-state index in [1.54, 1.807) is 6.07 Å². The highest BCUT2D eigenvalue weighted by molar-refractivity contribution is 5.97. The Hall–Kier alpha value is -2.19. The fraction of sp³-hybridized carbons (Fsp3) is 0.267. The molecular formula is C15H14F2N2O. The molecule has 0 unspecified atom stereocenters. The number of halogens is 2. The van der Waals surface area contributed by atoms with E-state index < -0.39 is 13.0 Å². The topological polar surface area (TPSA) is 45.0 Å². The predicted molar refractivity (Wildman–Crippen MR) is 74.0 cm³/mol. The first-order valence-electron chi connectivity index (χ1n) is 6.24. The van der Waals surface area contributed by atoms with Gasteiger partial charge in [-0.2, -0.15) is 5.26 Å².